The molecule has 0 bridgehead atoms. The highest BCUT2D eigenvalue weighted by molar-refractivity contribution is 4.69. The number of nitrogens with one attached hydrogen (secondary N) is 2. The maximum atomic E-state index is 3.32. The van der Waals surface area contributed by atoms with E-state index in [1.165, 1.54) is 0 Å². The molecule has 1 saturated heterocycles. The van der Waals surface area contributed by atoms with Gasteiger partial charge in [0.2, 0.25) is 0 Å². The van der Waals surface area contributed by atoms with E-state index < -0.39 is 0 Å². The van der Waals surface area contributed by atoms with Crippen LogP contribution in [-0.4, -0.2) is 25.7 Å². The molecule has 1 unspecified atom stereocenters. The average Bonchev–Trinajstić information content (AvgIpc) is 1.87. The molecule has 2 heteroatoms. The van der Waals surface area contributed by atoms with Gasteiger partial charge in [0.1, 0.15) is 0 Å². The van der Waals surface area contributed by atoms with Crippen LogP contribution in [0.5, 0.6) is 0 Å². The Labute approximate surface area is 70.8 Å². The second kappa shape index (κ2) is 6.62. The van der Waals surface area contributed by atoms with Crippen LogP contribution in [0.3, 0.4) is 0 Å². The molecule has 1 fully saturated rings. The van der Waals surface area contributed by atoms with E-state index in [1.54, 1.807) is 0 Å². The van der Waals surface area contributed by atoms with Gasteiger partial charge in [-0.2, -0.15) is 0 Å². The average molecular weight is 158 g/mol. The maximum absolute atomic E-state index is 3.32. The van der Waals surface area contributed by atoms with Crippen molar-refractivity contribution in [3.63, 3.8) is 0 Å². The number of hydrogen-bond donors (Lipinski definition) is 2. The minimum Gasteiger partial charge on any atom is -0.314 e. The molecule has 1 aliphatic rings. The lowest BCUT2D eigenvalue weighted by Gasteiger charge is -2.19. The molecule has 0 spiro atoms. The van der Waals surface area contributed by atoms with Crippen LogP contribution in [0.4, 0.5) is 0 Å². The molecule has 0 aromatic heterocycles. The summed E-state index contributed by atoms with van der Waals surface area (Å²) < 4.78 is 0. The van der Waals surface area contributed by atoms with Crippen LogP contribution in [0.2, 0.25) is 0 Å². The highest BCUT2D eigenvalue weighted by Crippen LogP contribution is 1.81. The minimum atomic E-state index is 0.675. The molecule has 2 N–H and O–H groups in total. The normalized spacial score (nSPS) is 24.3. The van der Waals surface area contributed by atoms with Crippen LogP contribution < -0.4 is 10.6 Å². The van der Waals surface area contributed by atoms with Crippen molar-refractivity contribution in [1.29, 1.82) is 0 Å². The van der Waals surface area contributed by atoms with Gasteiger partial charge in [0.25, 0.3) is 0 Å². The molecule has 0 aromatic rings. The lowest BCUT2D eigenvalue weighted by molar-refractivity contribution is 0.442. The number of piperazine rings is 1. The van der Waals surface area contributed by atoms with E-state index in [2.05, 4.69) is 38.3 Å². The second-order valence-electron chi connectivity index (χ2n) is 3.79. The number of rotatable bonds is 0. The molecule has 1 heterocycles. The molecule has 1 aliphatic heterocycles. The van der Waals surface area contributed by atoms with Crippen LogP contribution >= 0.6 is 0 Å². The van der Waals surface area contributed by atoms with Crippen LogP contribution in [0.1, 0.15) is 27.7 Å². The first-order chi connectivity index (χ1) is 5.13. The van der Waals surface area contributed by atoms with Crippen molar-refractivity contribution >= 4 is 0 Å². The fourth-order valence-corrected chi connectivity index (χ4v) is 0.798. The summed E-state index contributed by atoms with van der Waals surface area (Å²) in [6.45, 7) is 12.1. The topological polar surface area (TPSA) is 24.1 Å². The summed E-state index contributed by atoms with van der Waals surface area (Å²) in [6, 6.07) is 0.675. The molecule has 0 aliphatic carbocycles. The third kappa shape index (κ3) is 9.92. The van der Waals surface area contributed by atoms with Gasteiger partial charge < -0.3 is 10.6 Å². The summed E-state index contributed by atoms with van der Waals surface area (Å²) >= 11 is 0. The molecule has 2 nitrogen and oxygen atoms in total. The summed E-state index contributed by atoms with van der Waals surface area (Å²) in [7, 11) is 0. The van der Waals surface area contributed by atoms with E-state index in [0.29, 0.717) is 6.04 Å². The zero-order valence-corrected chi connectivity index (χ0v) is 8.28. The molecule has 1 atom stereocenters. The van der Waals surface area contributed by atoms with Crippen molar-refractivity contribution < 1.29 is 0 Å². The van der Waals surface area contributed by atoms with Crippen molar-refractivity contribution in [3.05, 3.63) is 0 Å². The number of hydrogen-bond acceptors (Lipinski definition) is 2. The minimum absolute atomic E-state index is 0.675. The molecule has 0 amide bonds. The van der Waals surface area contributed by atoms with Gasteiger partial charge >= 0.3 is 0 Å². The predicted octanol–water partition coefficient (Wildman–Crippen LogP) is 1.23. The van der Waals surface area contributed by atoms with Gasteiger partial charge in [-0.25, -0.2) is 0 Å². The Hall–Kier alpha value is -0.0800. The first kappa shape index (κ1) is 10.9. The largest absolute Gasteiger partial charge is 0.314 e. The van der Waals surface area contributed by atoms with Gasteiger partial charge in [-0.15, -0.1) is 0 Å². The van der Waals surface area contributed by atoms with E-state index in [4.69, 9.17) is 0 Å². The van der Waals surface area contributed by atoms with Crippen LogP contribution in [0, 0.1) is 5.92 Å². The van der Waals surface area contributed by atoms with Gasteiger partial charge in [-0.1, -0.05) is 20.8 Å². The third-order valence-corrected chi connectivity index (χ3v) is 1.25. The molecule has 0 saturated carbocycles. The summed E-state index contributed by atoms with van der Waals surface area (Å²) in [5.41, 5.74) is 0. The molecular weight excluding hydrogens is 136 g/mol. The van der Waals surface area contributed by atoms with Crippen molar-refractivity contribution in [1.82, 2.24) is 10.6 Å². The van der Waals surface area contributed by atoms with E-state index in [-0.39, 0.29) is 0 Å². The fourth-order valence-electron chi connectivity index (χ4n) is 0.798. The van der Waals surface area contributed by atoms with Crippen molar-refractivity contribution in [2.45, 2.75) is 33.7 Å². The Balaban J connectivity index is 0.000000218. The summed E-state index contributed by atoms with van der Waals surface area (Å²) in [6.07, 6.45) is 0. The van der Waals surface area contributed by atoms with E-state index in [9.17, 15) is 0 Å². The summed E-state index contributed by atoms with van der Waals surface area (Å²) in [5, 5.41) is 6.59. The zero-order chi connectivity index (χ0) is 8.69. The van der Waals surface area contributed by atoms with Crippen LogP contribution in [-0.2, 0) is 0 Å². The van der Waals surface area contributed by atoms with Gasteiger partial charge in [0.15, 0.2) is 0 Å². The smallest absolute Gasteiger partial charge is 0.0164 e. The molecule has 1 rings (SSSR count). The Morgan fingerprint density at radius 3 is 1.91 bits per heavy atom. The standard InChI is InChI=1S/C5H12N2.C4H10/c1-5-4-6-2-3-7-5;1-4(2)3/h5-7H,2-4H2,1H3;4H,1-3H3. The Morgan fingerprint density at radius 2 is 1.73 bits per heavy atom. The first-order valence-electron chi connectivity index (χ1n) is 4.57. The Bertz CT molecular complexity index is 72.9. The highest BCUT2D eigenvalue weighted by Gasteiger charge is 2.03. The zero-order valence-electron chi connectivity index (χ0n) is 8.28. The molecule has 0 radical (unpaired) electrons. The summed E-state index contributed by atoms with van der Waals surface area (Å²) in [4.78, 5) is 0. The monoisotopic (exact) mass is 158 g/mol. The summed E-state index contributed by atoms with van der Waals surface area (Å²) in [5.74, 6) is 0.833. The second-order valence-corrected chi connectivity index (χ2v) is 3.79. The lowest BCUT2D eigenvalue weighted by atomic mass is 10.3. The molecule has 0 aromatic carbocycles. The first-order valence-corrected chi connectivity index (χ1v) is 4.57. The molecule has 11 heavy (non-hydrogen) atoms. The quantitative estimate of drug-likeness (QED) is 0.554. The Kier molecular flexibility index (Phi) is 6.57. The van der Waals surface area contributed by atoms with Crippen LogP contribution in [0.25, 0.3) is 0 Å². The highest BCUT2D eigenvalue weighted by atomic mass is 15.0. The molecule has 68 valence electrons. The van der Waals surface area contributed by atoms with Gasteiger partial charge in [0.05, 0.1) is 0 Å². The van der Waals surface area contributed by atoms with Crippen LogP contribution in [0.15, 0.2) is 0 Å². The van der Waals surface area contributed by atoms with Crippen molar-refractivity contribution in [2.24, 2.45) is 5.92 Å². The lowest BCUT2D eigenvalue weighted by Crippen LogP contribution is -2.46. The van der Waals surface area contributed by atoms with Gasteiger partial charge in [-0.05, 0) is 12.8 Å². The van der Waals surface area contributed by atoms with Gasteiger partial charge in [-0.3, -0.25) is 0 Å². The maximum Gasteiger partial charge on any atom is 0.0164 e. The fraction of sp³-hybridized carbons (Fsp3) is 1.00. The third-order valence-electron chi connectivity index (χ3n) is 1.25. The van der Waals surface area contributed by atoms with Crippen molar-refractivity contribution in [2.75, 3.05) is 19.6 Å². The predicted molar refractivity (Wildman–Crippen MR) is 50.8 cm³/mol. The van der Waals surface area contributed by atoms with E-state index in [1.807, 2.05) is 0 Å². The van der Waals surface area contributed by atoms with Crippen molar-refractivity contribution in [3.8, 4) is 0 Å². The Morgan fingerprint density at radius 1 is 1.18 bits per heavy atom. The SMILES string of the molecule is CC(C)C.CC1CNCCN1. The van der Waals surface area contributed by atoms with E-state index in [0.717, 1.165) is 25.6 Å². The van der Waals surface area contributed by atoms with E-state index >= 15 is 0 Å². The molecular formula is C9H22N2. The van der Waals surface area contributed by atoms with Gasteiger partial charge in [0, 0.05) is 25.7 Å².